The molecule has 1 fully saturated rings. The second-order valence-electron chi connectivity index (χ2n) is 4.87. The Balaban J connectivity index is 2.14. The van der Waals surface area contributed by atoms with Gasteiger partial charge in [-0.3, -0.25) is 0 Å². The van der Waals surface area contributed by atoms with Crippen molar-refractivity contribution >= 4 is 17.4 Å². The number of rotatable bonds is 5. The van der Waals surface area contributed by atoms with Crippen LogP contribution in [0.15, 0.2) is 12.3 Å². The highest BCUT2D eigenvalue weighted by atomic mass is 35.5. The largest absolute Gasteiger partial charge is 0.355 e. The second-order valence-corrected chi connectivity index (χ2v) is 5.28. The Morgan fingerprint density at radius 3 is 2.82 bits per heavy atom. The number of pyridine rings is 1. The number of hydrogen-bond donors (Lipinski definition) is 1. The molecule has 0 saturated heterocycles. The molecule has 1 aromatic rings. The van der Waals surface area contributed by atoms with Crippen molar-refractivity contribution in [2.45, 2.75) is 32.4 Å². The lowest BCUT2D eigenvalue weighted by Crippen LogP contribution is -2.31. The van der Waals surface area contributed by atoms with Gasteiger partial charge >= 0.3 is 0 Å². The zero-order valence-electron chi connectivity index (χ0n) is 10.7. The first-order valence-corrected chi connectivity index (χ1v) is 6.53. The number of aromatic nitrogens is 1. The van der Waals surface area contributed by atoms with Crippen molar-refractivity contribution in [3.8, 4) is 0 Å². The lowest BCUT2D eigenvalue weighted by atomic mass is 10.2. The van der Waals surface area contributed by atoms with E-state index in [0.29, 0.717) is 6.04 Å². The molecular weight excluding hydrogens is 234 g/mol. The maximum atomic E-state index is 6.30. The Hall–Kier alpha value is -0.800. The molecule has 1 atom stereocenters. The molecule has 94 valence electrons. The lowest BCUT2D eigenvalue weighted by Gasteiger charge is -2.26. The Morgan fingerprint density at radius 1 is 1.59 bits per heavy atom. The predicted molar refractivity (Wildman–Crippen MR) is 72.6 cm³/mol. The minimum Gasteiger partial charge on any atom is -0.355 e. The van der Waals surface area contributed by atoms with Crippen LogP contribution < -0.4 is 10.2 Å². The summed E-state index contributed by atoms with van der Waals surface area (Å²) in [5, 5.41) is 3.84. The van der Waals surface area contributed by atoms with Crippen LogP contribution in [0.3, 0.4) is 0 Å². The molecule has 1 N–H and O–H groups in total. The van der Waals surface area contributed by atoms with Gasteiger partial charge in [0.05, 0.1) is 5.02 Å². The summed E-state index contributed by atoms with van der Waals surface area (Å²) in [6.45, 7) is 3.05. The van der Waals surface area contributed by atoms with E-state index in [9.17, 15) is 0 Å². The Labute approximate surface area is 108 Å². The number of hydrogen-bond acceptors (Lipinski definition) is 3. The molecule has 1 aliphatic rings. The first-order valence-electron chi connectivity index (χ1n) is 6.15. The van der Waals surface area contributed by atoms with Gasteiger partial charge in [0.25, 0.3) is 0 Å². The molecule has 0 aromatic carbocycles. The van der Waals surface area contributed by atoms with Gasteiger partial charge < -0.3 is 10.2 Å². The van der Waals surface area contributed by atoms with Crippen LogP contribution in [0.4, 0.5) is 5.82 Å². The molecule has 1 unspecified atom stereocenters. The van der Waals surface area contributed by atoms with Gasteiger partial charge in [0, 0.05) is 25.8 Å². The zero-order valence-corrected chi connectivity index (χ0v) is 11.5. The van der Waals surface area contributed by atoms with Gasteiger partial charge in [-0.1, -0.05) is 11.6 Å². The van der Waals surface area contributed by atoms with Gasteiger partial charge in [0.2, 0.25) is 0 Å². The van der Waals surface area contributed by atoms with E-state index in [-0.39, 0.29) is 0 Å². The van der Waals surface area contributed by atoms with Crippen LogP contribution in [0, 0.1) is 5.92 Å². The highest BCUT2D eigenvalue weighted by Crippen LogP contribution is 2.37. The number of nitrogens with one attached hydrogen (secondary N) is 1. The van der Waals surface area contributed by atoms with Crippen LogP contribution in [0.5, 0.6) is 0 Å². The van der Waals surface area contributed by atoms with Crippen molar-refractivity contribution in [2.75, 3.05) is 19.0 Å². The normalized spacial score (nSPS) is 16.9. The molecular formula is C13H20ClN3. The van der Waals surface area contributed by atoms with E-state index in [4.69, 9.17) is 11.6 Å². The van der Waals surface area contributed by atoms with Crippen molar-refractivity contribution in [2.24, 2.45) is 5.92 Å². The topological polar surface area (TPSA) is 28.2 Å². The molecule has 0 spiro atoms. The van der Waals surface area contributed by atoms with Crippen LogP contribution in [0.25, 0.3) is 0 Å². The summed E-state index contributed by atoms with van der Waals surface area (Å²) >= 11 is 6.30. The third-order valence-corrected chi connectivity index (χ3v) is 3.79. The van der Waals surface area contributed by atoms with Crippen LogP contribution in [-0.4, -0.2) is 25.1 Å². The quantitative estimate of drug-likeness (QED) is 0.875. The van der Waals surface area contributed by atoms with Crippen LogP contribution in [0.2, 0.25) is 5.02 Å². The standard InChI is InChI=1S/C13H20ClN3/c1-9(11-4-5-11)17(3)13-12(14)6-10(7-15-2)8-16-13/h6,8-9,11,15H,4-5,7H2,1-3H3. The lowest BCUT2D eigenvalue weighted by molar-refractivity contribution is 0.603. The fourth-order valence-corrected chi connectivity index (χ4v) is 2.44. The summed E-state index contributed by atoms with van der Waals surface area (Å²) < 4.78 is 0. The number of halogens is 1. The Morgan fingerprint density at radius 2 is 2.29 bits per heavy atom. The fourth-order valence-electron chi connectivity index (χ4n) is 2.12. The van der Waals surface area contributed by atoms with E-state index >= 15 is 0 Å². The van der Waals surface area contributed by atoms with E-state index in [1.165, 1.54) is 12.8 Å². The third-order valence-electron chi connectivity index (χ3n) is 3.51. The number of nitrogens with zero attached hydrogens (tertiary/aromatic N) is 2. The first kappa shape index (κ1) is 12.7. The number of anilines is 1. The Bertz CT molecular complexity index is 390. The van der Waals surface area contributed by atoms with Crippen molar-refractivity contribution in [1.29, 1.82) is 0 Å². The van der Waals surface area contributed by atoms with E-state index in [1.807, 2.05) is 19.3 Å². The SMILES string of the molecule is CNCc1cnc(N(C)C(C)C2CC2)c(Cl)c1. The maximum Gasteiger partial charge on any atom is 0.147 e. The zero-order chi connectivity index (χ0) is 12.4. The van der Waals surface area contributed by atoms with E-state index in [0.717, 1.165) is 28.9 Å². The molecule has 0 aliphatic heterocycles. The first-order chi connectivity index (χ1) is 8.13. The third kappa shape index (κ3) is 2.90. The summed E-state index contributed by atoms with van der Waals surface area (Å²) in [6, 6.07) is 2.52. The van der Waals surface area contributed by atoms with Gasteiger partial charge in [-0.05, 0) is 44.4 Å². The molecule has 0 radical (unpaired) electrons. The molecule has 1 heterocycles. The molecule has 1 aliphatic carbocycles. The van der Waals surface area contributed by atoms with Gasteiger partial charge in [-0.15, -0.1) is 0 Å². The van der Waals surface area contributed by atoms with Crippen molar-refractivity contribution < 1.29 is 0 Å². The van der Waals surface area contributed by atoms with E-state index in [2.05, 4.69) is 29.2 Å². The summed E-state index contributed by atoms with van der Waals surface area (Å²) in [5.41, 5.74) is 1.12. The molecule has 1 saturated carbocycles. The second kappa shape index (κ2) is 5.23. The monoisotopic (exact) mass is 253 g/mol. The van der Waals surface area contributed by atoms with Gasteiger partial charge in [-0.25, -0.2) is 4.98 Å². The van der Waals surface area contributed by atoms with Crippen molar-refractivity contribution in [1.82, 2.24) is 10.3 Å². The highest BCUT2D eigenvalue weighted by molar-refractivity contribution is 6.33. The van der Waals surface area contributed by atoms with Crippen LogP contribution in [0.1, 0.15) is 25.3 Å². The summed E-state index contributed by atoms with van der Waals surface area (Å²) in [6.07, 6.45) is 4.57. The minimum atomic E-state index is 0.523. The molecule has 0 bridgehead atoms. The average molecular weight is 254 g/mol. The van der Waals surface area contributed by atoms with E-state index < -0.39 is 0 Å². The van der Waals surface area contributed by atoms with Crippen LogP contribution >= 0.6 is 11.6 Å². The molecule has 2 rings (SSSR count). The summed E-state index contributed by atoms with van der Waals surface area (Å²) in [7, 11) is 4.00. The molecule has 4 heteroatoms. The molecule has 17 heavy (non-hydrogen) atoms. The minimum absolute atomic E-state index is 0.523. The molecule has 1 aromatic heterocycles. The van der Waals surface area contributed by atoms with Gasteiger partial charge in [0.1, 0.15) is 5.82 Å². The van der Waals surface area contributed by atoms with Crippen LogP contribution in [-0.2, 0) is 6.54 Å². The average Bonchev–Trinajstić information content (AvgIpc) is 3.12. The molecule has 3 nitrogen and oxygen atoms in total. The Kier molecular flexibility index (Phi) is 3.89. The maximum absolute atomic E-state index is 6.30. The highest BCUT2D eigenvalue weighted by Gasteiger charge is 2.31. The molecule has 0 amide bonds. The fraction of sp³-hybridized carbons (Fsp3) is 0.615. The van der Waals surface area contributed by atoms with E-state index in [1.54, 1.807) is 0 Å². The van der Waals surface area contributed by atoms with Crippen molar-refractivity contribution in [3.05, 3.63) is 22.8 Å². The smallest absolute Gasteiger partial charge is 0.147 e. The predicted octanol–water partition coefficient (Wildman–Crippen LogP) is 2.69. The van der Waals surface area contributed by atoms with Crippen molar-refractivity contribution in [3.63, 3.8) is 0 Å². The summed E-state index contributed by atoms with van der Waals surface area (Å²) in [4.78, 5) is 6.68. The summed E-state index contributed by atoms with van der Waals surface area (Å²) in [5.74, 6) is 1.71. The van der Waals surface area contributed by atoms with Gasteiger partial charge in [0.15, 0.2) is 0 Å². The van der Waals surface area contributed by atoms with Gasteiger partial charge in [-0.2, -0.15) is 0 Å².